The Hall–Kier alpha value is -1.08. The molecule has 0 amide bonds. The summed E-state index contributed by atoms with van der Waals surface area (Å²) in [6, 6.07) is 0. The van der Waals surface area contributed by atoms with Crippen LogP contribution in [0.2, 0.25) is 0 Å². The van der Waals surface area contributed by atoms with Gasteiger partial charge < -0.3 is 23.7 Å². The van der Waals surface area contributed by atoms with Crippen LogP contribution in [-0.4, -0.2) is 66.3 Å². The van der Waals surface area contributed by atoms with Gasteiger partial charge in [0.25, 0.3) is 0 Å². The van der Waals surface area contributed by atoms with Gasteiger partial charge in [-0.05, 0) is 27.7 Å². The molecule has 4 rings (SSSR count). The van der Waals surface area contributed by atoms with E-state index in [2.05, 4.69) is 4.98 Å². The van der Waals surface area contributed by atoms with E-state index < -0.39 is 52.6 Å². The SMILES string of the molecule is CC1(C)O[C@@H]2OC(COS(=O)(=O)n3ccnc3)[C@H]3OC(C)(C)O[C@H]3[C@@H]2O1. The van der Waals surface area contributed by atoms with Crippen molar-refractivity contribution in [2.45, 2.75) is 70.0 Å². The first-order chi connectivity index (χ1) is 12.1. The molecule has 0 N–H and O–H groups in total. The van der Waals surface area contributed by atoms with E-state index in [1.54, 1.807) is 27.7 Å². The molecule has 0 aliphatic carbocycles. The third kappa shape index (κ3) is 3.28. The van der Waals surface area contributed by atoms with Gasteiger partial charge in [0, 0.05) is 12.4 Å². The topological polar surface area (TPSA) is 107 Å². The van der Waals surface area contributed by atoms with Crippen LogP contribution in [0.15, 0.2) is 18.7 Å². The number of imidazole rings is 1. The minimum atomic E-state index is -4.01. The molecule has 3 aliphatic rings. The summed E-state index contributed by atoms with van der Waals surface area (Å²) in [5.41, 5.74) is 0. The Morgan fingerprint density at radius 1 is 1.04 bits per heavy atom. The predicted octanol–water partition coefficient (Wildman–Crippen LogP) is 0.389. The van der Waals surface area contributed by atoms with E-state index in [-0.39, 0.29) is 6.61 Å². The van der Waals surface area contributed by atoms with Gasteiger partial charge >= 0.3 is 10.3 Å². The second-order valence-electron chi connectivity index (χ2n) is 7.34. The van der Waals surface area contributed by atoms with Gasteiger partial charge in [0.05, 0.1) is 6.61 Å². The van der Waals surface area contributed by atoms with Crippen molar-refractivity contribution in [2.24, 2.45) is 0 Å². The van der Waals surface area contributed by atoms with Crippen molar-refractivity contribution in [3.05, 3.63) is 18.7 Å². The van der Waals surface area contributed by atoms with Crippen molar-refractivity contribution in [1.82, 2.24) is 8.96 Å². The Kier molecular flexibility index (Phi) is 4.19. The molecule has 1 aromatic heterocycles. The summed E-state index contributed by atoms with van der Waals surface area (Å²) >= 11 is 0. The van der Waals surface area contributed by atoms with Crippen molar-refractivity contribution in [3.8, 4) is 0 Å². The maximum Gasteiger partial charge on any atom is 0.367 e. The highest BCUT2D eigenvalue weighted by atomic mass is 32.2. The van der Waals surface area contributed by atoms with Crippen molar-refractivity contribution in [1.29, 1.82) is 0 Å². The fourth-order valence-corrected chi connectivity index (χ4v) is 4.22. The number of hydrogen-bond donors (Lipinski definition) is 0. The third-order valence-corrected chi connectivity index (χ3v) is 5.54. The van der Waals surface area contributed by atoms with E-state index in [9.17, 15) is 8.42 Å². The minimum Gasteiger partial charge on any atom is -0.342 e. The average molecular weight is 390 g/mol. The molecular weight excluding hydrogens is 368 g/mol. The molecular formula is C15H22N2O8S. The van der Waals surface area contributed by atoms with Crippen LogP contribution in [0.5, 0.6) is 0 Å². The number of rotatable bonds is 4. The van der Waals surface area contributed by atoms with Crippen LogP contribution in [0.1, 0.15) is 27.7 Å². The first kappa shape index (κ1) is 18.3. The van der Waals surface area contributed by atoms with Crippen molar-refractivity contribution < 1.29 is 36.3 Å². The van der Waals surface area contributed by atoms with Gasteiger partial charge in [0.15, 0.2) is 17.9 Å². The number of nitrogens with zero attached hydrogens (tertiary/aromatic N) is 2. The van der Waals surface area contributed by atoms with Crippen LogP contribution in [0.25, 0.3) is 0 Å². The van der Waals surface area contributed by atoms with Gasteiger partial charge in [-0.1, -0.05) is 0 Å². The molecule has 26 heavy (non-hydrogen) atoms. The number of aromatic nitrogens is 2. The van der Waals surface area contributed by atoms with E-state index in [0.717, 1.165) is 10.3 Å². The molecule has 11 heteroatoms. The van der Waals surface area contributed by atoms with Crippen LogP contribution >= 0.6 is 0 Å². The van der Waals surface area contributed by atoms with Gasteiger partial charge in [0.1, 0.15) is 30.7 Å². The Morgan fingerprint density at radius 3 is 2.38 bits per heavy atom. The largest absolute Gasteiger partial charge is 0.367 e. The smallest absolute Gasteiger partial charge is 0.342 e. The molecule has 1 aromatic rings. The highest BCUT2D eigenvalue weighted by Gasteiger charge is 2.60. The lowest BCUT2D eigenvalue weighted by molar-refractivity contribution is -0.238. The molecule has 0 spiro atoms. The molecule has 0 saturated carbocycles. The van der Waals surface area contributed by atoms with Gasteiger partial charge in [-0.15, -0.1) is 0 Å². The summed E-state index contributed by atoms with van der Waals surface area (Å²) < 4.78 is 59.9. The predicted molar refractivity (Wildman–Crippen MR) is 85.0 cm³/mol. The summed E-state index contributed by atoms with van der Waals surface area (Å²) in [5, 5.41) is 0. The normalized spacial score (nSPS) is 38.1. The fraction of sp³-hybridized carbons (Fsp3) is 0.800. The van der Waals surface area contributed by atoms with Crippen molar-refractivity contribution in [3.63, 3.8) is 0 Å². The fourth-order valence-electron chi connectivity index (χ4n) is 3.42. The van der Waals surface area contributed by atoms with Crippen molar-refractivity contribution in [2.75, 3.05) is 6.61 Å². The monoisotopic (exact) mass is 390 g/mol. The Labute approximate surface area is 151 Å². The van der Waals surface area contributed by atoms with Gasteiger partial charge in [0.2, 0.25) is 0 Å². The molecule has 146 valence electrons. The molecule has 3 aliphatic heterocycles. The van der Waals surface area contributed by atoms with Crippen LogP contribution in [0.4, 0.5) is 0 Å². The molecule has 5 atom stereocenters. The summed E-state index contributed by atoms with van der Waals surface area (Å²) in [5.74, 6) is -1.69. The molecule has 10 nitrogen and oxygen atoms in total. The number of hydrogen-bond acceptors (Lipinski definition) is 9. The van der Waals surface area contributed by atoms with Gasteiger partial charge in [-0.2, -0.15) is 8.42 Å². The Bertz CT molecular complexity index is 763. The highest BCUT2D eigenvalue weighted by Crippen LogP contribution is 2.44. The zero-order valence-corrected chi connectivity index (χ0v) is 15.7. The summed E-state index contributed by atoms with van der Waals surface area (Å²) in [7, 11) is -4.01. The second kappa shape index (κ2) is 5.96. The van der Waals surface area contributed by atoms with E-state index >= 15 is 0 Å². The first-order valence-corrected chi connectivity index (χ1v) is 9.67. The van der Waals surface area contributed by atoms with E-state index in [0.29, 0.717) is 0 Å². The maximum atomic E-state index is 12.2. The average Bonchev–Trinajstić information content (AvgIpc) is 3.20. The highest BCUT2D eigenvalue weighted by molar-refractivity contribution is 7.85. The van der Waals surface area contributed by atoms with Gasteiger partial charge in [-0.25, -0.2) is 8.96 Å². The second-order valence-corrected chi connectivity index (χ2v) is 8.86. The quantitative estimate of drug-likeness (QED) is 0.721. The summed E-state index contributed by atoms with van der Waals surface area (Å²) in [6.07, 6.45) is 0.873. The molecule has 1 unspecified atom stereocenters. The lowest BCUT2D eigenvalue weighted by Gasteiger charge is -2.36. The van der Waals surface area contributed by atoms with E-state index in [1.165, 1.54) is 12.4 Å². The number of fused-ring (bicyclic) bond motifs is 3. The summed E-state index contributed by atoms with van der Waals surface area (Å²) in [6.45, 7) is 6.86. The Morgan fingerprint density at radius 2 is 1.69 bits per heavy atom. The van der Waals surface area contributed by atoms with E-state index in [1.807, 2.05) is 0 Å². The van der Waals surface area contributed by atoms with Crippen LogP contribution in [-0.2, 0) is 38.2 Å². The zero-order chi connectivity index (χ0) is 18.7. The minimum absolute atomic E-state index is 0.256. The van der Waals surface area contributed by atoms with Crippen LogP contribution in [0.3, 0.4) is 0 Å². The van der Waals surface area contributed by atoms with Crippen LogP contribution < -0.4 is 0 Å². The molecule has 0 aromatic carbocycles. The maximum absolute atomic E-state index is 12.2. The third-order valence-electron chi connectivity index (χ3n) is 4.37. The molecule has 3 saturated heterocycles. The summed E-state index contributed by atoms with van der Waals surface area (Å²) in [4.78, 5) is 3.71. The zero-order valence-electron chi connectivity index (χ0n) is 14.9. The molecule has 0 bridgehead atoms. The number of ether oxygens (including phenoxy) is 5. The van der Waals surface area contributed by atoms with Crippen LogP contribution in [0, 0.1) is 0 Å². The van der Waals surface area contributed by atoms with E-state index in [4.69, 9.17) is 27.9 Å². The lowest BCUT2D eigenvalue weighted by atomic mass is 9.99. The molecule has 0 radical (unpaired) electrons. The standard InChI is InChI=1S/C15H22N2O8S/c1-14(2)22-10-9(7-20-26(18,19)17-6-5-16-8-17)21-13-12(11(10)23-14)24-15(3,4)25-13/h5-6,8-13H,7H2,1-4H3/t9?,10-,11-,12+,13+/m1/s1. The van der Waals surface area contributed by atoms with Gasteiger partial charge in [-0.3, -0.25) is 4.18 Å². The molecule has 4 heterocycles. The van der Waals surface area contributed by atoms with Crippen molar-refractivity contribution >= 4 is 10.3 Å². The lowest BCUT2D eigenvalue weighted by Crippen LogP contribution is -2.56. The molecule has 3 fully saturated rings. The first-order valence-electron chi connectivity index (χ1n) is 8.31. The Balaban J connectivity index is 1.53.